The fourth-order valence-electron chi connectivity index (χ4n) is 5.10. The van der Waals surface area contributed by atoms with Gasteiger partial charge in [-0.05, 0) is 62.1 Å². The van der Waals surface area contributed by atoms with Gasteiger partial charge in [0.05, 0.1) is 0 Å². The van der Waals surface area contributed by atoms with Crippen LogP contribution in [0.3, 0.4) is 0 Å². The van der Waals surface area contributed by atoms with Crippen LogP contribution in [-0.4, -0.2) is 28.6 Å². The number of rotatable bonds is 3. The van der Waals surface area contributed by atoms with Gasteiger partial charge in [-0.3, -0.25) is 19.6 Å². The number of nitrogens with zero attached hydrogens (tertiary/aromatic N) is 2. The highest BCUT2D eigenvalue weighted by molar-refractivity contribution is 6.09. The lowest BCUT2D eigenvalue weighted by atomic mass is 9.67. The van der Waals surface area contributed by atoms with E-state index < -0.39 is 5.92 Å². The van der Waals surface area contributed by atoms with E-state index in [2.05, 4.69) is 18.8 Å². The minimum Gasteiger partial charge on any atom is -0.462 e. The Kier molecular flexibility index (Phi) is 5.41. The van der Waals surface area contributed by atoms with Gasteiger partial charge in [0.25, 0.3) is 0 Å². The van der Waals surface area contributed by atoms with E-state index in [1.807, 2.05) is 19.1 Å². The van der Waals surface area contributed by atoms with Crippen molar-refractivity contribution in [2.24, 2.45) is 16.3 Å². The molecular formula is C24H30N2O3. The fraction of sp³-hybridized carbons (Fsp3) is 0.583. The molecule has 2 heterocycles. The van der Waals surface area contributed by atoms with Gasteiger partial charge in [0.15, 0.2) is 5.78 Å². The van der Waals surface area contributed by atoms with Gasteiger partial charge < -0.3 is 4.74 Å². The van der Waals surface area contributed by atoms with Gasteiger partial charge in [-0.1, -0.05) is 20.3 Å². The van der Waals surface area contributed by atoms with Crippen molar-refractivity contribution < 1.29 is 14.3 Å². The molecular weight excluding hydrogens is 364 g/mol. The smallest absolute Gasteiger partial charge is 0.315 e. The van der Waals surface area contributed by atoms with Crippen LogP contribution in [0.4, 0.5) is 0 Å². The first kappa shape index (κ1) is 20.0. The lowest BCUT2D eigenvalue weighted by Gasteiger charge is -2.39. The minimum absolute atomic E-state index is 0.0153. The molecule has 2 atom stereocenters. The first-order valence-electron chi connectivity index (χ1n) is 10.8. The van der Waals surface area contributed by atoms with Gasteiger partial charge >= 0.3 is 5.97 Å². The molecule has 2 aliphatic carbocycles. The number of carbonyl (C=O) groups is 2. The van der Waals surface area contributed by atoms with Crippen molar-refractivity contribution in [3.63, 3.8) is 0 Å². The number of aliphatic imine (C=N–C) groups is 1. The average Bonchev–Trinajstić information content (AvgIpc) is 2.67. The van der Waals surface area contributed by atoms with Gasteiger partial charge in [0, 0.05) is 41.7 Å². The topological polar surface area (TPSA) is 68.6 Å². The molecule has 154 valence electrons. The maximum Gasteiger partial charge on any atom is 0.315 e. The molecule has 5 nitrogen and oxygen atoms in total. The molecule has 4 rings (SSSR count). The van der Waals surface area contributed by atoms with E-state index in [-0.39, 0.29) is 29.2 Å². The van der Waals surface area contributed by atoms with E-state index >= 15 is 0 Å². The summed E-state index contributed by atoms with van der Waals surface area (Å²) in [5, 5.41) is 0. The Morgan fingerprint density at radius 2 is 1.79 bits per heavy atom. The molecule has 0 aromatic carbocycles. The quantitative estimate of drug-likeness (QED) is 0.692. The van der Waals surface area contributed by atoms with Gasteiger partial charge in [0.2, 0.25) is 0 Å². The van der Waals surface area contributed by atoms with Crippen LogP contribution in [-0.2, 0) is 14.3 Å². The third-order valence-electron chi connectivity index (χ3n) is 6.46. The number of hydrogen-bond acceptors (Lipinski definition) is 5. The van der Waals surface area contributed by atoms with E-state index in [1.54, 1.807) is 12.4 Å². The van der Waals surface area contributed by atoms with Gasteiger partial charge in [0.1, 0.15) is 12.0 Å². The number of pyridine rings is 1. The molecule has 0 spiro atoms. The molecule has 0 amide bonds. The van der Waals surface area contributed by atoms with Crippen LogP contribution in [0, 0.1) is 11.3 Å². The summed E-state index contributed by atoms with van der Waals surface area (Å²) < 4.78 is 5.94. The van der Waals surface area contributed by atoms with Crippen molar-refractivity contribution >= 4 is 17.5 Å². The number of ether oxygens (including phenoxy) is 1. The molecule has 5 heteroatoms. The van der Waals surface area contributed by atoms with Gasteiger partial charge in [-0.25, -0.2) is 0 Å². The summed E-state index contributed by atoms with van der Waals surface area (Å²) in [6.45, 7) is 6.10. The lowest BCUT2D eigenvalue weighted by molar-refractivity contribution is -0.153. The number of ketones is 1. The van der Waals surface area contributed by atoms with E-state index in [4.69, 9.17) is 9.73 Å². The van der Waals surface area contributed by atoms with E-state index in [9.17, 15) is 9.59 Å². The van der Waals surface area contributed by atoms with Crippen LogP contribution in [0.25, 0.3) is 0 Å². The predicted molar refractivity (Wildman–Crippen MR) is 112 cm³/mol. The van der Waals surface area contributed by atoms with Crippen molar-refractivity contribution in [1.29, 1.82) is 0 Å². The van der Waals surface area contributed by atoms with Crippen LogP contribution in [0.1, 0.15) is 77.2 Å². The normalized spacial score (nSPS) is 27.3. The summed E-state index contributed by atoms with van der Waals surface area (Å²) in [5.74, 6) is -1.04. The highest BCUT2D eigenvalue weighted by Crippen LogP contribution is 2.48. The molecule has 1 aliphatic heterocycles. The van der Waals surface area contributed by atoms with E-state index in [1.165, 1.54) is 6.42 Å². The van der Waals surface area contributed by atoms with Gasteiger partial charge in [-0.15, -0.1) is 0 Å². The monoisotopic (exact) mass is 394 g/mol. The highest BCUT2D eigenvalue weighted by atomic mass is 16.5. The summed E-state index contributed by atoms with van der Waals surface area (Å²) in [6.07, 6.45) is 9.92. The van der Waals surface area contributed by atoms with Crippen LogP contribution in [0.2, 0.25) is 0 Å². The zero-order valence-electron chi connectivity index (χ0n) is 17.6. The molecule has 1 fully saturated rings. The third kappa shape index (κ3) is 4.05. The van der Waals surface area contributed by atoms with Crippen molar-refractivity contribution in [2.45, 2.75) is 77.7 Å². The maximum atomic E-state index is 13.3. The van der Waals surface area contributed by atoms with Crippen molar-refractivity contribution in [2.75, 3.05) is 0 Å². The Bertz CT molecular complexity index is 863. The predicted octanol–water partition coefficient (Wildman–Crippen LogP) is 4.78. The lowest BCUT2D eigenvalue weighted by Crippen LogP contribution is -2.40. The zero-order valence-corrected chi connectivity index (χ0v) is 17.6. The van der Waals surface area contributed by atoms with Crippen molar-refractivity contribution in [3.05, 3.63) is 41.4 Å². The molecule has 0 radical (unpaired) electrons. The van der Waals surface area contributed by atoms with Crippen LogP contribution in [0.5, 0.6) is 0 Å². The number of allylic oxidation sites excluding steroid dienone is 2. The molecule has 1 unspecified atom stereocenters. The van der Waals surface area contributed by atoms with Crippen LogP contribution < -0.4 is 0 Å². The SMILES string of the molecule is CC1=NC2=C(C(=O)CC(C)(C)C2)[C@H](c2ccncc2)C1C(=O)OC1CCCCC1. The number of esters is 1. The standard InChI is InChI=1S/C24H30N2O3/c1-15-20(23(28)29-17-7-5-4-6-8-17)21(16-9-11-25-12-10-16)22-18(26-15)13-24(2,3)14-19(22)27/h9-12,17,20-21H,4-8,13-14H2,1-3H3/t20?,21-/m1/s1. The van der Waals surface area contributed by atoms with Crippen molar-refractivity contribution in [3.8, 4) is 0 Å². The second-order valence-electron chi connectivity index (χ2n) is 9.49. The first-order valence-corrected chi connectivity index (χ1v) is 10.8. The zero-order chi connectivity index (χ0) is 20.6. The number of aromatic nitrogens is 1. The molecule has 1 aromatic heterocycles. The Labute approximate surface area is 172 Å². The van der Waals surface area contributed by atoms with Crippen LogP contribution >= 0.6 is 0 Å². The maximum absolute atomic E-state index is 13.3. The minimum atomic E-state index is -0.553. The Morgan fingerprint density at radius 3 is 2.48 bits per heavy atom. The molecule has 0 bridgehead atoms. The molecule has 1 saturated carbocycles. The first-order chi connectivity index (χ1) is 13.9. The second-order valence-corrected chi connectivity index (χ2v) is 9.49. The number of Topliss-reactive ketones (excluding diaryl/α,β-unsaturated/α-hetero) is 1. The number of carbonyl (C=O) groups excluding carboxylic acids is 2. The van der Waals surface area contributed by atoms with E-state index in [0.29, 0.717) is 12.0 Å². The molecule has 0 N–H and O–H groups in total. The summed E-state index contributed by atoms with van der Waals surface area (Å²) in [4.78, 5) is 35.4. The largest absolute Gasteiger partial charge is 0.462 e. The van der Waals surface area contributed by atoms with Gasteiger partial charge in [-0.2, -0.15) is 0 Å². The summed E-state index contributed by atoms with van der Waals surface area (Å²) in [7, 11) is 0. The van der Waals surface area contributed by atoms with E-state index in [0.717, 1.165) is 49.1 Å². The molecule has 3 aliphatic rings. The molecule has 29 heavy (non-hydrogen) atoms. The molecule has 0 saturated heterocycles. The Hall–Kier alpha value is -2.30. The summed E-state index contributed by atoms with van der Waals surface area (Å²) in [6, 6.07) is 3.81. The highest BCUT2D eigenvalue weighted by Gasteiger charge is 2.46. The Morgan fingerprint density at radius 1 is 1.10 bits per heavy atom. The number of hydrogen-bond donors (Lipinski definition) is 0. The van der Waals surface area contributed by atoms with Crippen LogP contribution in [0.15, 0.2) is 40.8 Å². The van der Waals surface area contributed by atoms with Crippen molar-refractivity contribution in [1.82, 2.24) is 4.98 Å². The summed E-state index contributed by atoms with van der Waals surface area (Å²) >= 11 is 0. The fourth-order valence-corrected chi connectivity index (χ4v) is 5.10. The third-order valence-corrected chi connectivity index (χ3v) is 6.46. The Balaban J connectivity index is 1.73. The average molecular weight is 395 g/mol. The second kappa shape index (κ2) is 7.85. The molecule has 1 aromatic rings. The summed E-state index contributed by atoms with van der Waals surface area (Å²) in [5.41, 5.74) is 3.11.